The number of rotatable bonds is 2. The number of pyridine rings is 1. The van der Waals surface area contributed by atoms with Crippen LogP contribution in [0.1, 0.15) is 16.5 Å². The van der Waals surface area contributed by atoms with Crippen molar-refractivity contribution in [2.45, 2.75) is 5.37 Å². The Balaban J connectivity index is 1.45. The zero-order valence-electron chi connectivity index (χ0n) is 13.1. The molecule has 1 unspecified atom stereocenters. The van der Waals surface area contributed by atoms with E-state index in [4.69, 9.17) is 9.47 Å². The molecule has 2 N–H and O–H groups in total. The molecule has 0 amide bonds. The Bertz CT molecular complexity index is 1070. The molecule has 5 rings (SSSR count). The molecule has 0 saturated heterocycles. The molecule has 0 aliphatic carbocycles. The summed E-state index contributed by atoms with van der Waals surface area (Å²) in [5.74, 6) is 1.53. The molecule has 0 spiro atoms. The van der Waals surface area contributed by atoms with Gasteiger partial charge >= 0.3 is 0 Å². The van der Waals surface area contributed by atoms with Crippen molar-refractivity contribution in [3.63, 3.8) is 0 Å². The number of aromatic nitrogens is 1. The Morgan fingerprint density at radius 1 is 1.04 bits per heavy atom. The minimum absolute atomic E-state index is 0.0374. The van der Waals surface area contributed by atoms with Crippen LogP contribution in [-0.4, -0.2) is 11.8 Å². The van der Waals surface area contributed by atoms with Gasteiger partial charge in [-0.25, -0.2) is 0 Å². The molecule has 2 aromatic carbocycles. The first-order chi connectivity index (χ1) is 12.3. The Labute approximate surface area is 147 Å². The quantitative estimate of drug-likeness (QED) is 0.739. The van der Waals surface area contributed by atoms with E-state index in [-0.39, 0.29) is 17.7 Å². The zero-order valence-corrected chi connectivity index (χ0v) is 13.9. The van der Waals surface area contributed by atoms with Crippen LogP contribution in [0.15, 0.2) is 58.7 Å². The fraction of sp³-hybridized carbons (Fsp3) is 0.105. The molecular weight excluding hydrogens is 336 g/mol. The Kier molecular flexibility index (Phi) is 3.24. The second-order valence-electron chi connectivity index (χ2n) is 5.90. The maximum Gasteiger partial charge on any atom is 0.257 e. The monoisotopic (exact) mass is 350 g/mol. The summed E-state index contributed by atoms with van der Waals surface area (Å²) in [6.45, 7) is 0.264. The van der Waals surface area contributed by atoms with Crippen molar-refractivity contribution in [2.75, 3.05) is 6.79 Å². The average Bonchev–Trinajstić information content (AvgIpc) is 3.29. The highest BCUT2D eigenvalue weighted by Crippen LogP contribution is 2.41. The van der Waals surface area contributed by atoms with Crippen molar-refractivity contribution in [2.24, 2.45) is 0 Å². The lowest BCUT2D eigenvalue weighted by molar-refractivity contribution is 0.174. The first-order valence-electron chi connectivity index (χ1n) is 7.92. The van der Waals surface area contributed by atoms with Gasteiger partial charge in [0.2, 0.25) is 6.79 Å². The third kappa shape index (κ3) is 2.46. The maximum atomic E-state index is 12.4. The number of nitrogens with one attached hydrogen (secondary N) is 2. The van der Waals surface area contributed by atoms with E-state index in [9.17, 15) is 4.79 Å². The van der Waals surface area contributed by atoms with Gasteiger partial charge in [0.1, 0.15) is 5.37 Å². The third-order valence-corrected chi connectivity index (χ3v) is 5.39. The molecule has 25 heavy (non-hydrogen) atoms. The molecule has 0 bridgehead atoms. The van der Waals surface area contributed by atoms with Gasteiger partial charge in [0.05, 0.1) is 11.3 Å². The van der Waals surface area contributed by atoms with Crippen molar-refractivity contribution in [3.8, 4) is 11.5 Å². The summed E-state index contributed by atoms with van der Waals surface area (Å²) in [7, 11) is 0. The smallest absolute Gasteiger partial charge is 0.257 e. The molecule has 1 aromatic heterocycles. The number of hydrogen-bond acceptors (Lipinski definition) is 5. The van der Waals surface area contributed by atoms with Gasteiger partial charge in [-0.05, 0) is 40.6 Å². The van der Waals surface area contributed by atoms with Crippen LogP contribution in [-0.2, 0) is 0 Å². The van der Waals surface area contributed by atoms with Crippen LogP contribution < -0.4 is 20.3 Å². The molecule has 3 heterocycles. The fourth-order valence-corrected chi connectivity index (χ4v) is 4.04. The Hall–Kier alpha value is -2.86. The number of aromatic amines is 1. The maximum absolute atomic E-state index is 12.4. The third-order valence-electron chi connectivity index (χ3n) is 4.35. The first kappa shape index (κ1) is 14.5. The highest BCUT2D eigenvalue weighted by Gasteiger charge is 2.23. The van der Waals surface area contributed by atoms with Gasteiger partial charge in [-0.2, -0.15) is 0 Å². The van der Waals surface area contributed by atoms with Crippen LogP contribution in [0.4, 0.5) is 0 Å². The van der Waals surface area contributed by atoms with Crippen LogP contribution in [0.3, 0.4) is 0 Å². The summed E-state index contributed by atoms with van der Waals surface area (Å²) in [5.41, 5.74) is 3.31. The second-order valence-corrected chi connectivity index (χ2v) is 6.88. The van der Waals surface area contributed by atoms with Gasteiger partial charge in [0.15, 0.2) is 11.5 Å². The molecule has 124 valence electrons. The summed E-state index contributed by atoms with van der Waals surface area (Å²) in [5, 5.41) is 6.47. The van der Waals surface area contributed by atoms with Crippen LogP contribution >= 0.6 is 11.8 Å². The van der Waals surface area contributed by atoms with E-state index in [1.54, 1.807) is 11.8 Å². The van der Waals surface area contributed by atoms with E-state index in [2.05, 4.69) is 10.3 Å². The van der Waals surface area contributed by atoms with E-state index in [1.807, 2.05) is 53.9 Å². The standard InChI is InChI=1S/C19H14N2O3S/c22-18-13(7-11-3-1-2-4-14(11)20-18)15-9-25-19(21-15)12-5-6-16-17(8-12)24-10-23-16/h1-9,19,21H,10H2,(H,20,22). The van der Waals surface area contributed by atoms with Crippen LogP contribution in [0.5, 0.6) is 11.5 Å². The molecular formula is C19H14N2O3S. The molecule has 0 fully saturated rings. The van der Waals surface area contributed by atoms with Crippen molar-refractivity contribution < 1.29 is 9.47 Å². The molecule has 1 atom stereocenters. The van der Waals surface area contributed by atoms with Gasteiger partial charge in [-0.1, -0.05) is 24.3 Å². The summed E-state index contributed by atoms with van der Waals surface area (Å²) in [6.07, 6.45) is 0. The van der Waals surface area contributed by atoms with Gasteiger partial charge in [-0.3, -0.25) is 4.79 Å². The lowest BCUT2D eigenvalue weighted by Crippen LogP contribution is -2.19. The van der Waals surface area contributed by atoms with E-state index in [1.165, 1.54) is 0 Å². The highest BCUT2D eigenvalue weighted by molar-refractivity contribution is 8.02. The van der Waals surface area contributed by atoms with Crippen molar-refractivity contribution >= 4 is 28.4 Å². The Morgan fingerprint density at radius 2 is 1.92 bits per heavy atom. The summed E-state index contributed by atoms with van der Waals surface area (Å²) in [4.78, 5) is 15.4. The lowest BCUT2D eigenvalue weighted by atomic mass is 10.1. The normalized spacial score (nSPS) is 18.2. The van der Waals surface area contributed by atoms with Crippen molar-refractivity contribution in [1.82, 2.24) is 10.3 Å². The lowest BCUT2D eigenvalue weighted by Gasteiger charge is -2.14. The SMILES string of the molecule is O=c1[nH]c2ccccc2cc1C1=CSC(c2ccc3c(c2)OCO3)N1. The van der Waals surface area contributed by atoms with Gasteiger partial charge < -0.3 is 19.8 Å². The van der Waals surface area contributed by atoms with Gasteiger partial charge in [-0.15, -0.1) is 11.8 Å². The van der Waals surface area contributed by atoms with Crippen molar-refractivity contribution in [1.29, 1.82) is 0 Å². The minimum Gasteiger partial charge on any atom is -0.454 e. The van der Waals surface area contributed by atoms with Gasteiger partial charge in [0, 0.05) is 5.52 Å². The predicted octanol–water partition coefficient (Wildman–Crippen LogP) is 3.59. The number of benzene rings is 2. The van der Waals surface area contributed by atoms with E-state index in [0.717, 1.165) is 33.7 Å². The summed E-state index contributed by atoms with van der Waals surface area (Å²) in [6, 6.07) is 15.6. The number of H-pyrrole nitrogens is 1. The zero-order chi connectivity index (χ0) is 16.8. The second kappa shape index (κ2) is 5.60. The largest absolute Gasteiger partial charge is 0.454 e. The van der Waals surface area contributed by atoms with Crippen LogP contribution in [0.2, 0.25) is 0 Å². The molecule has 3 aromatic rings. The molecule has 2 aliphatic rings. The predicted molar refractivity (Wildman–Crippen MR) is 98.6 cm³/mol. The molecule has 5 nitrogen and oxygen atoms in total. The average molecular weight is 350 g/mol. The van der Waals surface area contributed by atoms with Crippen LogP contribution in [0.25, 0.3) is 16.6 Å². The number of fused-ring (bicyclic) bond motifs is 2. The molecule has 6 heteroatoms. The van der Waals surface area contributed by atoms with Gasteiger partial charge in [0.25, 0.3) is 5.56 Å². The number of hydrogen-bond donors (Lipinski definition) is 2. The topological polar surface area (TPSA) is 63.4 Å². The summed E-state index contributed by atoms with van der Waals surface area (Å²) >= 11 is 1.64. The van der Waals surface area contributed by atoms with E-state index in [0.29, 0.717) is 5.56 Å². The van der Waals surface area contributed by atoms with Crippen LogP contribution in [0, 0.1) is 0 Å². The number of thioether (sulfide) groups is 1. The number of para-hydroxylation sites is 1. The molecule has 0 radical (unpaired) electrons. The first-order valence-corrected chi connectivity index (χ1v) is 8.86. The van der Waals surface area contributed by atoms with E-state index >= 15 is 0 Å². The number of ether oxygens (including phenoxy) is 2. The summed E-state index contributed by atoms with van der Waals surface area (Å²) < 4.78 is 10.8. The van der Waals surface area contributed by atoms with Crippen molar-refractivity contribution in [3.05, 3.63) is 75.4 Å². The molecule has 0 saturated carbocycles. The Morgan fingerprint density at radius 3 is 2.88 bits per heavy atom. The van der Waals surface area contributed by atoms with E-state index < -0.39 is 0 Å². The fourth-order valence-electron chi connectivity index (χ4n) is 3.07. The highest BCUT2D eigenvalue weighted by atomic mass is 32.2. The molecule has 2 aliphatic heterocycles. The minimum atomic E-state index is -0.0932.